The average molecular weight is 246 g/mol. The summed E-state index contributed by atoms with van der Waals surface area (Å²) in [5.74, 6) is 1.43. The molecule has 2 aromatic rings. The number of aromatic amines is 1. The van der Waals surface area contributed by atoms with E-state index in [-0.39, 0.29) is 11.5 Å². The van der Waals surface area contributed by atoms with E-state index in [0.717, 1.165) is 5.82 Å². The van der Waals surface area contributed by atoms with Crippen molar-refractivity contribution in [3.8, 4) is 0 Å². The van der Waals surface area contributed by atoms with Gasteiger partial charge >= 0.3 is 0 Å². The lowest BCUT2D eigenvalue weighted by Gasteiger charge is -2.19. The predicted molar refractivity (Wildman–Crippen MR) is 69.2 cm³/mol. The van der Waals surface area contributed by atoms with Crippen molar-refractivity contribution in [3.63, 3.8) is 0 Å². The van der Waals surface area contributed by atoms with Gasteiger partial charge in [0, 0.05) is 6.20 Å². The van der Waals surface area contributed by atoms with Gasteiger partial charge in [-0.05, 0) is 24.0 Å². The molecule has 0 saturated carbocycles. The third-order valence-corrected chi connectivity index (χ3v) is 2.74. The molecule has 0 bridgehead atoms. The molecule has 1 unspecified atom stereocenters. The average Bonchev–Trinajstić information content (AvgIpc) is 2.82. The van der Waals surface area contributed by atoms with Crippen molar-refractivity contribution in [2.24, 2.45) is 0 Å². The highest BCUT2D eigenvalue weighted by Gasteiger charge is 2.15. The maximum atomic E-state index is 4.40. The normalized spacial score (nSPS) is 13.3. The van der Waals surface area contributed by atoms with Crippen LogP contribution in [0.15, 0.2) is 18.3 Å². The van der Waals surface area contributed by atoms with Gasteiger partial charge in [-0.2, -0.15) is 5.21 Å². The Balaban J connectivity index is 2.07. The summed E-state index contributed by atoms with van der Waals surface area (Å²) >= 11 is 0. The van der Waals surface area contributed by atoms with Gasteiger partial charge in [0.1, 0.15) is 5.82 Å². The second-order valence-electron chi connectivity index (χ2n) is 5.32. The molecule has 96 valence electrons. The molecule has 0 amide bonds. The van der Waals surface area contributed by atoms with Gasteiger partial charge < -0.3 is 5.32 Å². The Morgan fingerprint density at radius 3 is 2.56 bits per heavy atom. The minimum Gasteiger partial charge on any atom is -0.360 e. The molecular formula is C12H18N6. The largest absolute Gasteiger partial charge is 0.360 e. The highest BCUT2D eigenvalue weighted by molar-refractivity contribution is 5.38. The number of nitrogens with one attached hydrogen (secondary N) is 2. The fraction of sp³-hybridized carbons (Fsp3) is 0.500. The molecule has 18 heavy (non-hydrogen) atoms. The van der Waals surface area contributed by atoms with E-state index >= 15 is 0 Å². The standard InChI is InChI=1S/C12H18N6/c1-8(11-15-17-18-16-11)14-10-6-5-9(7-13-10)12(2,3)4/h5-8H,1-4H3,(H,13,14)(H,15,16,17,18). The van der Waals surface area contributed by atoms with Crippen molar-refractivity contribution in [1.29, 1.82) is 0 Å². The molecule has 0 aliphatic rings. The molecule has 2 heterocycles. The minimum absolute atomic E-state index is 0.0308. The number of H-pyrrole nitrogens is 1. The highest BCUT2D eigenvalue weighted by atomic mass is 15.5. The maximum absolute atomic E-state index is 4.40. The molecule has 6 nitrogen and oxygen atoms in total. The molecule has 0 spiro atoms. The van der Waals surface area contributed by atoms with Gasteiger partial charge in [-0.3, -0.25) is 0 Å². The van der Waals surface area contributed by atoms with Crippen LogP contribution in [0.4, 0.5) is 5.82 Å². The molecule has 0 aliphatic carbocycles. The molecule has 0 fully saturated rings. The molecule has 0 radical (unpaired) electrons. The van der Waals surface area contributed by atoms with Crippen molar-refractivity contribution >= 4 is 5.82 Å². The zero-order valence-corrected chi connectivity index (χ0v) is 11.1. The summed E-state index contributed by atoms with van der Waals surface area (Å²) in [6.45, 7) is 8.46. The maximum Gasteiger partial charge on any atom is 0.196 e. The smallest absolute Gasteiger partial charge is 0.196 e. The van der Waals surface area contributed by atoms with Gasteiger partial charge in [0.25, 0.3) is 0 Å². The summed E-state index contributed by atoms with van der Waals surface area (Å²) in [5.41, 5.74) is 1.32. The van der Waals surface area contributed by atoms with Crippen LogP contribution in [0.2, 0.25) is 0 Å². The summed E-state index contributed by atoms with van der Waals surface area (Å²) in [5, 5.41) is 17.1. The van der Waals surface area contributed by atoms with Crippen molar-refractivity contribution in [1.82, 2.24) is 25.6 Å². The third-order valence-electron chi connectivity index (χ3n) is 2.74. The highest BCUT2D eigenvalue weighted by Crippen LogP contribution is 2.22. The zero-order valence-electron chi connectivity index (χ0n) is 11.1. The Morgan fingerprint density at radius 1 is 1.28 bits per heavy atom. The fourth-order valence-electron chi connectivity index (χ4n) is 1.56. The quantitative estimate of drug-likeness (QED) is 0.866. The predicted octanol–water partition coefficient (Wildman–Crippen LogP) is 2.07. The lowest BCUT2D eigenvalue weighted by Crippen LogP contribution is -2.13. The first-order valence-corrected chi connectivity index (χ1v) is 5.93. The number of aromatic nitrogens is 5. The van der Waals surface area contributed by atoms with E-state index in [9.17, 15) is 0 Å². The third kappa shape index (κ3) is 2.82. The summed E-state index contributed by atoms with van der Waals surface area (Å²) in [6, 6.07) is 4.02. The number of nitrogens with zero attached hydrogens (tertiary/aromatic N) is 4. The lowest BCUT2D eigenvalue weighted by atomic mass is 9.88. The Hall–Kier alpha value is -1.98. The Morgan fingerprint density at radius 2 is 2.06 bits per heavy atom. The number of pyridine rings is 1. The Bertz CT molecular complexity index is 482. The van der Waals surface area contributed by atoms with Gasteiger partial charge in [-0.1, -0.05) is 32.1 Å². The number of rotatable bonds is 3. The molecular weight excluding hydrogens is 228 g/mol. The summed E-state index contributed by atoms with van der Waals surface area (Å²) in [6.07, 6.45) is 1.89. The number of anilines is 1. The topological polar surface area (TPSA) is 79.4 Å². The van der Waals surface area contributed by atoms with E-state index in [1.165, 1.54) is 5.56 Å². The monoisotopic (exact) mass is 246 g/mol. The molecule has 2 N–H and O–H groups in total. The van der Waals surface area contributed by atoms with E-state index in [1.54, 1.807) is 0 Å². The van der Waals surface area contributed by atoms with E-state index in [0.29, 0.717) is 5.82 Å². The van der Waals surface area contributed by atoms with Crippen LogP contribution in [0.25, 0.3) is 0 Å². The van der Waals surface area contributed by atoms with Gasteiger partial charge in [-0.25, -0.2) is 4.98 Å². The summed E-state index contributed by atoms with van der Waals surface area (Å²) in [7, 11) is 0. The van der Waals surface area contributed by atoms with E-state index in [1.807, 2.05) is 19.2 Å². The molecule has 6 heteroatoms. The molecule has 1 atom stereocenters. The molecule has 0 aliphatic heterocycles. The van der Waals surface area contributed by atoms with Crippen LogP contribution >= 0.6 is 0 Å². The van der Waals surface area contributed by atoms with Crippen LogP contribution in [0.5, 0.6) is 0 Å². The minimum atomic E-state index is -0.0308. The number of hydrogen-bond donors (Lipinski definition) is 2. The van der Waals surface area contributed by atoms with E-state index < -0.39 is 0 Å². The first-order valence-electron chi connectivity index (χ1n) is 5.93. The van der Waals surface area contributed by atoms with Crippen molar-refractivity contribution in [2.45, 2.75) is 39.2 Å². The van der Waals surface area contributed by atoms with Crippen LogP contribution in [0.3, 0.4) is 0 Å². The van der Waals surface area contributed by atoms with Crippen LogP contribution in [0, 0.1) is 0 Å². The molecule has 0 saturated heterocycles. The number of tetrazole rings is 1. The Kier molecular flexibility index (Phi) is 3.27. The van der Waals surface area contributed by atoms with E-state index in [2.05, 4.69) is 57.8 Å². The molecule has 2 aromatic heterocycles. The van der Waals surface area contributed by atoms with E-state index in [4.69, 9.17) is 0 Å². The molecule has 0 aromatic carbocycles. The zero-order chi connectivity index (χ0) is 13.2. The first-order chi connectivity index (χ1) is 8.47. The van der Waals surface area contributed by atoms with Crippen LogP contribution < -0.4 is 5.32 Å². The van der Waals surface area contributed by atoms with Crippen molar-refractivity contribution in [3.05, 3.63) is 29.7 Å². The van der Waals surface area contributed by atoms with Crippen LogP contribution in [-0.4, -0.2) is 25.6 Å². The van der Waals surface area contributed by atoms with Gasteiger partial charge in [0.15, 0.2) is 5.82 Å². The second-order valence-corrected chi connectivity index (χ2v) is 5.32. The van der Waals surface area contributed by atoms with Gasteiger partial charge in [-0.15, -0.1) is 10.2 Å². The second kappa shape index (κ2) is 4.72. The summed E-state index contributed by atoms with van der Waals surface area (Å²) in [4.78, 5) is 4.40. The Labute approximate surface area is 106 Å². The van der Waals surface area contributed by atoms with Crippen molar-refractivity contribution in [2.75, 3.05) is 5.32 Å². The van der Waals surface area contributed by atoms with Crippen molar-refractivity contribution < 1.29 is 0 Å². The lowest BCUT2D eigenvalue weighted by molar-refractivity contribution is 0.587. The molecule has 2 rings (SSSR count). The van der Waals surface area contributed by atoms with Gasteiger partial charge in [0.05, 0.1) is 6.04 Å². The number of hydrogen-bond acceptors (Lipinski definition) is 5. The van der Waals surface area contributed by atoms with Crippen LogP contribution in [0.1, 0.15) is 45.1 Å². The van der Waals surface area contributed by atoms with Gasteiger partial charge in [0.2, 0.25) is 0 Å². The fourth-order valence-corrected chi connectivity index (χ4v) is 1.56. The first kappa shape index (κ1) is 12.5. The summed E-state index contributed by atoms with van der Waals surface area (Å²) < 4.78 is 0. The SMILES string of the molecule is CC(Nc1ccc(C(C)(C)C)cn1)c1nn[nH]n1. The van der Waals surface area contributed by atoms with Crippen LogP contribution in [-0.2, 0) is 5.41 Å².